The highest BCUT2D eigenvalue weighted by atomic mass is 16.1. The summed E-state index contributed by atoms with van der Waals surface area (Å²) in [5, 5.41) is 2.99. The molecule has 0 aromatic carbocycles. The van der Waals surface area contributed by atoms with Gasteiger partial charge in [-0.05, 0) is 24.5 Å². The first kappa shape index (κ1) is 15.8. The van der Waals surface area contributed by atoms with Crippen LogP contribution in [0.1, 0.15) is 62.5 Å². The molecule has 1 aromatic heterocycles. The van der Waals surface area contributed by atoms with Gasteiger partial charge in [0.2, 0.25) is 0 Å². The first-order chi connectivity index (χ1) is 9.90. The largest absolute Gasteiger partial charge is 0.352 e. The van der Waals surface area contributed by atoms with E-state index in [1.54, 1.807) is 6.07 Å². The Kier molecular flexibility index (Phi) is 4.83. The van der Waals surface area contributed by atoms with Gasteiger partial charge in [-0.1, -0.05) is 40.0 Å². The Bertz CT molecular complexity index is 503. The van der Waals surface area contributed by atoms with E-state index in [0.29, 0.717) is 11.4 Å². The van der Waals surface area contributed by atoms with Gasteiger partial charge in [0, 0.05) is 23.2 Å². The Morgan fingerprint density at radius 1 is 1.38 bits per heavy atom. The van der Waals surface area contributed by atoms with E-state index >= 15 is 0 Å². The van der Waals surface area contributed by atoms with Gasteiger partial charge in [-0.15, -0.1) is 0 Å². The summed E-state index contributed by atoms with van der Waals surface area (Å²) in [6, 6.07) is 3.54. The van der Waals surface area contributed by atoms with Crippen LogP contribution in [-0.4, -0.2) is 17.4 Å². The molecule has 1 aromatic rings. The number of pyridine rings is 1. The molecule has 1 aliphatic carbocycles. The number of nitrogens with one attached hydrogen (secondary N) is 2. The molecule has 1 heterocycles. The van der Waals surface area contributed by atoms with E-state index in [9.17, 15) is 4.79 Å². The lowest BCUT2D eigenvalue weighted by atomic mass is 9.83. The number of nitrogens with zero attached hydrogens (tertiary/aromatic N) is 1. The zero-order valence-corrected chi connectivity index (χ0v) is 13.2. The molecule has 0 aliphatic heterocycles. The standard InChI is InChI=1S/C16H26N4O/c1-16(2,3)13-9-12(10-14(19-13)20-17)15(21)18-8-7-11-5-4-6-11/h9-11H,4-8,17H2,1-3H3,(H,18,21)(H,19,20). The van der Waals surface area contributed by atoms with Crippen molar-refractivity contribution in [3.8, 4) is 0 Å². The molecule has 2 rings (SSSR count). The van der Waals surface area contributed by atoms with Crippen LogP contribution in [0.25, 0.3) is 0 Å². The van der Waals surface area contributed by atoms with Crippen molar-refractivity contribution in [2.75, 3.05) is 12.0 Å². The summed E-state index contributed by atoms with van der Waals surface area (Å²) in [5.74, 6) is 6.72. The third-order valence-electron chi connectivity index (χ3n) is 4.07. The molecule has 0 spiro atoms. The number of rotatable bonds is 5. The number of nitrogen functional groups attached to an aromatic ring is 1. The molecule has 116 valence electrons. The van der Waals surface area contributed by atoms with Gasteiger partial charge in [0.15, 0.2) is 0 Å². The molecule has 1 saturated carbocycles. The zero-order valence-electron chi connectivity index (χ0n) is 13.2. The Morgan fingerprint density at radius 3 is 2.62 bits per heavy atom. The van der Waals surface area contributed by atoms with Gasteiger partial charge in [-0.3, -0.25) is 4.79 Å². The number of hydrogen-bond acceptors (Lipinski definition) is 4. The van der Waals surface area contributed by atoms with Crippen LogP contribution in [0.2, 0.25) is 0 Å². The van der Waals surface area contributed by atoms with E-state index in [1.165, 1.54) is 19.3 Å². The van der Waals surface area contributed by atoms with Crippen molar-refractivity contribution in [3.05, 3.63) is 23.4 Å². The number of anilines is 1. The molecule has 4 N–H and O–H groups in total. The van der Waals surface area contributed by atoms with Crippen molar-refractivity contribution in [2.45, 2.75) is 51.9 Å². The van der Waals surface area contributed by atoms with Crippen LogP contribution in [0.5, 0.6) is 0 Å². The fourth-order valence-corrected chi connectivity index (χ4v) is 2.39. The molecule has 5 heteroatoms. The molecule has 1 aliphatic rings. The van der Waals surface area contributed by atoms with Gasteiger partial charge in [0.1, 0.15) is 5.82 Å². The average Bonchev–Trinajstić information content (AvgIpc) is 2.39. The van der Waals surface area contributed by atoms with Crippen molar-refractivity contribution in [3.63, 3.8) is 0 Å². The number of hydrogen-bond donors (Lipinski definition) is 3. The summed E-state index contributed by atoms with van der Waals surface area (Å²) < 4.78 is 0. The maximum atomic E-state index is 12.3. The average molecular weight is 290 g/mol. The second-order valence-corrected chi connectivity index (χ2v) is 6.86. The lowest BCUT2D eigenvalue weighted by Crippen LogP contribution is -2.28. The number of nitrogens with two attached hydrogens (primary N) is 1. The van der Waals surface area contributed by atoms with Gasteiger partial charge in [-0.2, -0.15) is 0 Å². The zero-order chi connectivity index (χ0) is 15.5. The molecule has 0 atom stereocenters. The summed E-state index contributed by atoms with van der Waals surface area (Å²) in [4.78, 5) is 16.7. The van der Waals surface area contributed by atoms with Gasteiger partial charge in [0.25, 0.3) is 5.91 Å². The van der Waals surface area contributed by atoms with E-state index in [0.717, 1.165) is 24.6 Å². The van der Waals surface area contributed by atoms with Crippen LogP contribution in [0.3, 0.4) is 0 Å². The predicted octanol–water partition coefficient (Wildman–Crippen LogP) is 2.58. The smallest absolute Gasteiger partial charge is 0.251 e. The van der Waals surface area contributed by atoms with Gasteiger partial charge >= 0.3 is 0 Å². The van der Waals surface area contributed by atoms with Crippen LogP contribution in [-0.2, 0) is 5.41 Å². The lowest BCUT2D eigenvalue weighted by Gasteiger charge is -2.25. The molecular weight excluding hydrogens is 264 g/mol. The van der Waals surface area contributed by atoms with Crippen LogP contribution in [0, 0.1) is 5.92 Å². The molecule has 21 heavy (non-hydrogen) atoms. The minimum atomic E-state index is -0.131. The predicted molar refractivity (Wildman–Crippen MR) is 85.0 cm³/mol. The third-order valence-corrected chi connectivity index (χ3v) is 4.07. The second-order valence-electron chi connectivity index (χ2n) is 6.86. The summed E-state index contributed by atoms with van der Waals surface area (Å²) in [6.07, 6.45) is 5.02. The lowest BCUT2D eigenvalue weighted by molar-refractivity contribution is 0.0948. The number of amides is 1. The molecule has 0 bridgehead atoms. The Balaban J connectivity index is 2.04. The van der Waals surface area contributed by atoms with Crippen LogP contribution < -0.4 is 16.6 Å². The highest BCUT2D eigenvalue weighted by Gasteiger charge is 2.20. The van der Waals surface area contributed by atoms with Crippen molar-refractivity contribution >= 4 is 11.7 Å². The topological polar surface area (TPSA) is 80.0 Å². The van der Waals surface area contributed by atoms with Crippen molar-refractivity contribution < 1.29 is 4.79 Å². The molecule has 5 nitrogen and oxygen atoms in total. The normalized spacial score (nSPS) is 15.4. The molecule has 0 radical (unpaired) electrons. The maximum Gasteiger partial charge on any atom is 0.251 e. The van der Waals surface area contributed by atoms with Crippen molar-refractivity contribution in [1.82, 2.24) is 10.3 Å². The minimum Gasteiger partial charge on any atom is -0.352 e. The van der Waals surface area contributed by atoms with Crippen molar-refractivity contribution in [1.29, 1.82) is 0 Å². The van der Waals surface area contributed by atoms with E-state index in [2.05, 4.69) is 36.5 Å². The van der Waals surface area contributed by atoms with E-state index < -0.39 is 0 Å². The van der Waals surface area contributed by atoms with Crippen molar-refractivity contribution in [2.24, 2.45) is 11.8 Å². The molecule has 0 unspecified atom stereocenters. The molecule has 1 fully saturated rings. The molecular formula is C16H26N4O. The molecule has 1 amide bonds. The number of hydrazine groups is 1. The highest BCUT2D eigenvalue weighted by molar-refractivity contribution is 5.95. The quantitative estimate of drug-likeness (QED) is 0.575. The SMILES string of the molecule is CC(C)(C)c1cc(C(=O)NCCC2CCC2)cc(NN)n1. The van der Waals surface area contributed by atoms with Crippen LogP contribution >= 0.6 is 0 Å². The van der Waals surface area contributed by atoms with Crippen LogP contribution in [0.15, 0.2) is 12.1 Å². The van der Waals surface area contributed by atoms with E-state index in [4.69, 9.17) is 5.84 Å². The fraction of sp³-hybridized carbons (Fsp3) is 0.625. The van der Waals surface area contributed by atoms with Gasteiger partial charge < -0.3 is 10.7 Å². The fourth-order valence-electron chi connectivity index (χ4n) is 2.39. The number of carbonyl (C=O) groups excluding carboxylic acids is 1. The van der Waals surface area contributed by atoms with E-state index in [1.807, 2.05) is 6.07 Å². The summed E-state index contributed by atoms with van der Waals surface area (Å²) in [5.41, 5.74) is 3.86. The summed E-state index contributed by atoms with van der Waals surface area (Å²) in [6.45, 7) is 6.93. The Hall–Kier alpha value is -1.62. The molecule has 0 saturated heterocycles. The third kappa shape index (κ3) is 4.17. The minimum absolute atomic E-state index is 0.0567. The van der Waals surface area contributed by atoms with Gasteiger partial charge in [-0.25, -0.2) is 10.8 Å². The summed E-state index contributed by atoms with van der Waals surface area (Å²) >= 11 is 0. The highest BCUT2D eigenvalue weighted by Crippen LogP contribution is 2.28. The van der Waals surface area contributed by atoms with Gasteiger partial charge in [0.05, 0.1) is 0 Å². The monoisotopic (exact) mass is 290 g/mol. The number of carbonyl (C=O) groups is 1. The first-order valence-corrected chi connectivity index (χ1v) is 7.67. The second kappa shape index (κ2) is 6.43. The van der Waals surface area contributed by atoms with E-state index in [-0.39, 0.29) is 11.3 Å². The summed E-state index contributed by atoms with van der Waals surface area (Å²) in [7, 11) is 0. The maximum absolute atomic E-state index is 12.3. The van der Waals surface area contributed by atoms with Crippen LogP contribution in [0.4, 0.5) is 5.82 Å². The Labute approximate surface area is 126 Å². The number of aromatic nitrogens is 1. The first-order valence-electron chi connectivity index (χ1n) is 7.67. The Morgan fingerprint density at radius 2 is 2.10 bits per heavy atom.